The number of hydrogen-bond donors (Lipinski definition) is 1. The van der Waals surface area contributed by atoms with Crippen LogP contribution in [0.5, 0.6) is 0 Å². The van der Waals surface area contributed by atoms with Gasteiger partial charge in [-0.2, -0.15) is 5.10 Å². The van der Waals surface area contributed by atoms with E-state index in [2.05, 4.69) is 15.4 Å². The Bertz CT molecular complexity index is 472. The van der Waals surface area contributed by atoms with Crippen molar-refractivity contribution >= 4 is 5.97 Å². The van der Waals surface area contributed by atoms with Crippen LogP contribution in [0.2, 0.25) is 0 Å². The summed E-state index contributed by atoms with van der Waals surface area (Å²) in [6.07, 6.45) is 4.18. The number of aryl methyl sites for hydroxylation is 1. The number of aromatic nitrogens is 5. The average molecular weight is 193 g/mol. The highest BCUT2D eigenvalue weighted by Gasteiger charge is 2.09. The molecule has 0 saturated heterocycles. The maximum absolute atomic E-state index is 10.6. The van der Waals surface area contributed by atoms with E-state index in [9.17, 15) is 4.79 Å². The van der Waals surface area contributed by atoms with Crippen molar-refractivity contribution in [1.29, 1.82) is 0 Å². The second kappa shape index (κ2) is 2.95. The normalized spacial score (nSPS) is 10.4. The van der Waals surface area contributed by atoms with Crippen molar-refractivity contribution in [2.75, 3.05) is 0 Å². The van der Waals surface area contributed by atoms with Gasteiger partial charge in [-0.15, -0.1) is 5.10 Å². The Morgan fingerprint density at radius 2 is 2.29 bits per heavy atom. The number of aromatic carboxylic acids is 1. The summed E-state index contributed by atoms with van der Waals surface area (Å²) < 4.78 is 2.90. The van der Waals surface area contributed by atoms with E-state index >= 15 is 0 Å². The summed E-state index contributed by atoms with van der Waals surface area (Å²) in [6, 6.07) is 0. The molecule has 0 spiro atoms. The van der Waals surface area contributed by atoms with Crippen molar-refractivity contribution in [3.63, 3.8) is 0 Å². The number of nitrogens with zero attached hydrogens (tertiary/aromatic N) is 5. The SMILES string of the molecule is Cn1nncc1-n1cc(C(=O)O)cn1. The van der Waals surface area contributed by atoms with Crippen LogP contribution < -0.4 is 0 Å². The highest BCUT2D eigenvalue weighted by atomic mass is 16.4. The van der Waals surface area contributed by atoms with Gasteiger partial charge in [0.2, 0.25) is 0 Å². The molecule has 0 unspecified atom stereocenters. The molecule has 0 radical (unpaired) electrons. The van der Waals surface area contributed by atoms with Crippen LogP contribution in [0.25, 0.3) is 5.82 Å². The van der Waals surface area contributed by atoms with E-state index in [1.165, 1.54) is 28.0 Å². The van der Waals surface area contributed by atoms with Gasteiger partial charge in [0.1, 0.15) is 0 Å². The molecule has 2 aromatic rings. The molecule has 7 heteroatoms. The molecule has 0 aliphatic rings. The first-order chi connectivity index (χ1) is 6.68. The molecule has 0 bridgehead atoms. The lowest BCUT2D eigenvalue weighted by molar-refractivity contribution is 0.0697. The van der Waals surface area contributed by atoms with E-state index in [4.69, 9.17) is 5.11 Å². The second-order valence-corrected chi connectivity index (χ2v) is 2.69. The molecule has 72 valence electrons. The smallest absolute Gasteiger partial charge is 0.338 e. The van der Waals surface area contributed by atoms with E-state index in [1.807, 2.05) is 0 Å². The van der Waals surface area contributed by atoms with Gasteiger partial charge in [0.25, 0.3) is 0 Å². The van der Waals surface area contributed by atoms with E-state index in [0.717, 1.165) is 0 Å². The fraction of sp³-hybridized carbons (Fsp3) is 0.143. The third-order valence-electron chi connectivity index (χ3n) is 1.75. The molecule has 2 aromatic heterocycles. The number of rotatable bonds is 2. The molecule has 0 fully saturated rings. The van der Waals surface area contributed by atoms with Crippen LogP contribution in [0.1, 0.15) is 10.4 Å². The summed E-state index contributed by atoms with van der Waals surface area (Å²) in [6.45, 7) is 0. The molecular formula is C7H7N5O2. The Hall–Kier alpha value is -2.18. The molecule has 7 nitrogen and oxygen atoms in total. The van der Waals surface area contributed by atoms with Gasteiger partial charge in [-0.3, -0.25) is 0 Å². The first kappa shape index (κ1) is 8.42. The summed E-state index contributed by atoms with van der Waals surface area (Å²) >= 11 is 0. The summed E-state index contributed by atoms with van der Waals surface area (Å²) in [5, 5.41) is 19.9. The third-order valence-corrected chi connectivity index (χ3v) is 1.75. The topological polar surface area (TPSA) is 85.8 Å². The number of carboxylic acids is 1. The van der Waals surface area contributed by atoms with Gasteiger partial charge in [-0.05, 0) is 0 Å². The number of carboxylic acid groups (broad SMARTS) is 1. The minimum atomic E-state index is -1.01. The van der Waals surface area contributed by atoms with Crippen molar-refractivity contribution < 1.29 is 9.90 Å². The van der Waals surface area contributed by atoms with Crippen LogP contribution in [-0.2, 0) is 7.05 Å². The van der Waals surface area contributed by atoms with Crippen molar-refractivity contribution in [3.05, 3.63) is 24.2 Å². The molecule has 0 aromatic carbocycles. The maximum atomic E-state index is 10.6. The van der Waals surface area contributed by atoms with Crippen molar-refractivity contribution in [2.45, 2.75) is 0 Å². The predicted molar refractivity (Wildman–Crippen MR) is 45.1 cm³/mol. The van der Waals surface area contributed by atoms with Crippen LogP contribution >= 0.6 is 0 Å². The van der Waals surface area contributed by atoms with Crippen LogP contribution in [-0.4, -0.2) is 35.9 Å². The Kier molecular flexibility index (Phi) is 1.77. The Balaban J connectivity index is 2.43. The minimum absolute atomic E-state index is 0.131. The molecule has 2 heterocycles. The van der Waals surface area contributed by atoms with Gasteiger partial charge in [-0.25, -0.2) is 14.2 Å². The lowest BCUT2D eigenvalue weighted by Crippen LogP contribution is -2.03. The maximum Gasteiger partial charge on any atom is 0.338 e. The molecule has 2 rings (SSSR count). The van der Waals surface area contributed by atoms with Crippen molar-refractivity contribution in [1.82, 2.24) is 24.8 Å². The van der Waals surface area contributed by atoms with Crippen molar-refractivity contribution in [2.24, 2.45) is 7.05 Å². The van der Waals surface area contributed by atoms with E-state index < -0.39 is 5.97 Å². The zero-order valence-electron chi connectivity index (χ0n) is 7.32. The first-order valence-corrected chi connectivity index (χ1v) is 3.81. The quantitative estimate of drug-likeness (QED) is 0.707. The van der Waals surface area contributed by atoms with Gasteiger partial charge in [0.15, 0.2) is 5.82 Å². The van der Waals surface area contributed by atoms with Crippen LogP contribution in [0.3, 0.4) is 0 Å². The summed E-state index contributed by atoms with van der Waals surface area (Å²) in [5.41, 5.74) is 0.131. The van der Waals surface area contributed by atoms with E-state index in [0.29, 0.717) is 5.82 Å². The number of carbonyl (C=O) groups is 1. The molecular weight excluding hydrogens is 186 g/mol. The summed E-state index contributed by atoms with van der Waals surface area (Å²) in [5.74, 6) is -0.399. The predicted octanol–water partition coefficient (Wildman–Crippen LogP) is -0.301. The minimum Gasteiger partial charge on any atom is -0.478 e. The van der Waals surface area contributed by atoms with Crippen molar-refractivity contribution in [3.8, 4) is 5.82 Å². The highest BCUT2D eigenvalue weighted by molar-refractivity contribution is 5.86. The first-order valence-electron chi connectivity index (χ1n) is 3.81. The fourth-order valence-electron chi connectivity index (χ4n) is 1.05. The number of hydrogen-bond acceptors (Lipinski definition) is 4. The van der Waals surface area contributed by atoms with Crippen LogP contribution in [0, 0.1) is 0 Å². The van der Waals surface area contributed by atoms with E-state index in [-0.39, 0.29) is 5.56 Å². The zero-order chi connectivity index (χ0) is 10.1. The molecule has 14 heavy (non-hydrogen) atoms. The fourth-order valence-corrected chi connectivity index (χ4v) is 1.05. The molecule has 0 amide bonds. The summed E-state index contributed by atoms with van der Waals surface area (Å²) in [4.78, 5) is 10.6. The molecule has 0 aliphatic heterocycles. The van der Waals surface area contributed by atoms with Crippen LogP contribution in [0.15, 0.2) is 18.6 Å². The van der Waals surface area contributed by atoms with Gasteiger partial charge in [-0.1, -0.05) is 5.21 Å². The highest BCUT2D eigenvalue weighted by Crippen LogP contribution is 2.04. The van der Waals surface area contributed by atoms with Gasteiger partial charge < -0.3 is 5.11 Å². The molecule has 0 saturated carbocycles. The Labute approximate surface area is 78.6 Å². The van der Waals surface area contributed by atoms with Gasteiger partial charge >= 0.3 is 5.97 Å². The van der Waals surface area contributed by atoms with Crippen LogP contribution in [0.4, 0.5) is 0 Å². The lowest BCUT2D eigenvalue weighted by Gasteiger charge is -1.97. The standard InChI is InChI=1S/C7H7N5O2/c1-11-6(3-8-10-11)12-4-5(2-9-12)7(13)14/h2-4H,1H3,(H,13,14). The Morgan fingerprint density at radius 3 is 2.79 bits per heavy atom. The zero-order valence-corrected chi connectivity index (χ0v) is 7.32. The Morgan fingerprint density at radius 1 is 1.50 bits per heavy atom. The van der Waals surface area contributed by atoms with Gasteiger partial charge in [0.05, 0.1) is 18.0 Å². The monoisotopic (exact) mass is 193 g/mol. The average Bonchev–Trinajstić information content (AvgIpc) is 2.71. The molecule has 0 atom stereocenters. The van der Waals surface area contributed by atoms with Gasteiger partial charge in [0, 0.05) is 13.2 Å². The molecule has 1 N–H and O–H groups in total. The summed E-state index contributed by atoms with van der Waals surface area (Å²) in [7, 11) is 1.70. The second-order valence-electron chi connectivity index (χ2n) is 2.69. The third kappa shape index (κ3) is 1.24. The largest absolute Gasteiger partial charge is 0.478 e. The molecule has 0 aliphatic carbocycles. The van der Waals surface area contributed by atoms with E-state index in [1.54, 1.807) is 7.05 Å². The lowest BCUT2D eigenvalue weighted by atomic mass is 10.4.